The van der Waals surface area contributed by atoms with Crippen LogP contribution in [0.15, 0.2) is 23.1 Å². The van der Waals surface area contributed by atoms with Gasteiger partial charge in [-0.2, -0.15) is 0 Å². The average molecular weight is 368 g/mol. The fourth-order valence-corrected chi connectivity index (χ4v) is 2.24. The van der Waals surface area contributed by atoms with Crippen molar-refractivity contribution in [2.45, 2.75) is 4.90 Å². The van der Waals surface area contributed by atoms with Gasteiger partial charge < -0.3 is 20.1 Å². The van der Waals surface area contributed by atoms with E-state index in [1.165, 1.54) is 25.3 Å². The van der Waals surface area contributed by atoms with Crippen molar-refractivity contribution in [3.8, 4) is 5.75 Å². The zero-order valence-electron chi connectivity index (χ0n) is 13.0. The summed E-state index contributed by atoms with van der Waals surface area (Å²) in [5.74, 6) is -0.159. The minimum atomic E-state index is -3.88. The van der Waals surface area contributed by atoms with Crippen LogP contribution in [0.1, 0.15) is 10.4 Å². The summed E-state index contributed by atoms with van der Waals surface area (Å²) in [6.07, 6.45) is 0. The lowest BCUT2D eigenvalue weighted by Crippen LogP contribution is -2.33. The molecule has 0 bridgehead atoms. The fourth-order valence-electron chi connectivity index (χ4n) is 1.70. The summed E-state index contributed by atoms with van der Waals surface area (Å²) in [5.41, 5.74) is 0.117. The van der Waals surface area contributed by atoms with Crippen LogP contribution in [0.2, 0.25) is 0 Å². The topological polar surface area (TPSA) is 120 Å². The summed E-state index contributed by atoms with van der Waals surface area (Å²) in [5, 5.41) is 10.8. The van der Waals surface area contributed by atoms with E-state index in [1.807, 2.05) is 0 Å². The van der Waals surface area contributed by atoms with Crippen LogP contribution < -0.4 is 20.5 Å². The highest BCUT2D eigenvalue weighted by molar-refractivity contribution is 7.89. The summed E-state index contributed by atoms with van der Waals surface area (Å²) in [4.78, 5) is 12.0. The van der Waals surface area contributed by atoms with E-state index in [9.17, 15) is 13.2 Å². The Morgan fingerprint density at radius 2 is 1.91 bits per heavy atom. The number of amides is 1. The number of rotatable bonds is 9. The van der Waals surface area contributed by atoms with Gasteiger partial charge in [-0.15, -0.1) is 12.4 Å². The smallest absolute Gasteiger partial charge is 0.255 e. The van der Waals surface area contributed by atoms with Crippen LogP contribution in [0, 0.1) is 0 Å². The number of nitrogens with two attached hydrogens (primary N) is 1. The van der Waals surface area contributed by atoms with Crippen LogP contribution in [0.4, 0.5) is 0 Å². The highest BCUT2D eigenvalue weighted by Gasteiger charge is 2.16. The van der Waals surface area contributed by atoms with Gasteiger partial charge in [-0.05, 0) is 18.2 Å². The predicted octanol–water partition coefficient (Wildman–Crippen LogP) is -0.270. The van der Waals surface area contributed by atoms with Crippen molar-refractivity contribution in [1.82, 2.24) is 10.6 Å². The number of hydrogen-bond acceptors (Lipinski definition) is 6. The molecule has 8 nitrogen and oxygen atoms in total. The third kappa shape index (κ3) is 7.14. The van der Waals surface area contributed by atoms with E-state index in [4.69, 9.17) is 14.6 Å². The zero-order chi connectivity index (χ0) is 16.6. The van der Waals surface area contributed by atoms with Crippen LogP contribution in [0.5, 0.6) is 5.75 Å². The van der Waals surface area contributed by atoms with Crippen LogP contribution in [-0.2, 0) is 14.8 Å². The van der Waals surface area contributed by atoms with E-state index in [-0.39, 0.29) is 28.6 Å². The number of methoxy groups -OCH3 is 2. The molecule has 1 aromatic rings. The first-order valence-corrected chi connectivity index (χ1v) is 8.13. The highest BCUT2D eigenvalue weighted by Crippen LogP contribution is 2.21. The van der Waals surface area contributed by atoms with Gasteiger partial charge in [-0.25, -0.2) is 13.6 Å². The lowest BCUT2D eigenvalue weighted by atomic mass is 10.2. The Balaban J connectivity index is 0.00000484. The number of carbonyl (C=O) groups is 1. The van der Waals surface area contributed by atoms with Gasteiger partial charge in [0.1, 0.15) is 5.75 Å². The van der Waals surface area contributed by atoms with Crippen LogP contribution in [-0.4, -0.2) is 54.8 Å². The zero-order valence-corrected chi connectivity index (χ0v) is 14.6. The molecule has 132 valence electrons. The maximum atomic E-state index is 12.1. The maximum Gasteiger partial charge on any atom is 0.255 e. The monoisotopic (exact) mass is 367 g/mol. The Kier molecular flexibility index (Phi) is 9.77. The first kappa shape index (κ1) is 21.6. The molecule has 10 heteroatoms. The molecule has 0 aliphatic carbocycles. The molecular weight excluding hydrogens is 346 g/mol. The molecule has 0 unspecified atom stereocenters. The predicted molar refractivity (Wildman–Crippen MR) is 88.7 cm³/mol. The Morgan fingerprint density at radius 1 is 1.22 bits per heavy atom. The second-order valence-corrected chi connectivity index (χ2v) is 5.97. The molecule has 0 aliphatic heterocycles. The molecule has 0 fully saturated rings. The maximum absolute atomic E-state index is 12.1. The molecule has 0 atom stereocenters. The Labute approximate surface area is 142 Å². The lowest BCUT2D eigenvalue weighted by molar-refractivity contribution is 0.0950. The third-order valence-corrected chi connectivity index (χ3v) is 3.73. The molecule has 1 rings (SSSR count). The quantitative estimate of drug-likeness (QED) is 0.517. The normalized spacial score (nSPS) is 10.7. The summed E-state index contributed by atoms with van der Waals surface area (Å²) in [6, 6.07) is 3.88. The molecule has 23 heavy (non-hydrogen) atoms. The van der Waals surface area contributed by atoms with Gasteiger partial charge in [0, 0.05) is 26.7 Å². The standard InChI is InChI=1S/C13H21N3O5S.ClH/c1-20-8-7-15-5-6-16-13(17)11-9-10(22(14,18)19)3-4-12(11)21-2;/h3-4,9,15H,5-8H2,1-2H3,(H,16,17)(H2,14,18,19);1H. The number of hydrogen-bond donors (Lipinski definition) is 3. The van der Waals surface area contributed by atoms with Crippen LogP contribution in [0.25, 0.3) is 0 Å². The van der Waals surface area contributed by atoms with Gasteiger partial charge in [0.15, 0.2) is 0 Å². The number of sulfonamides is 1. The van der Waals surface area contributed by atoms with E-state index < -0.39 is 15.9 Å². The molecule has 0 heterocycles. The molecule has 0 radical (unpaired) electrons. The molecule has 0 aromatic heterocycles. The first-order chi connectivity index (χ1) is 10.4. The van der Waals surface area contributed by atoms with E-state index in [1.54, 1.807) is 7.11 Å². The highest BCUT2D eigenvalue weighted by atomic mass is 35.5. The molecule has 0 aliphatic rings. The third-order valence-electron chi connectivity index (χ3n) is 2.81. The van der Waals surface area contributed by atoms with Gasteiger partial charge in [0.05, 0.1) is 24.2 Å². The molecular formula is C13H22ClN3O5S. The number of ether oxygens (including phenoxy) is 2. The lowest BCUT2D eigenvalue weighted by Gasteiger charge is -2.11. The summed E-state index contributed by atoms with van der Waals surface area (Å²) in [7, 11) is -0.878. The summed E-state index contributed by atoms with van der Waals surface area (Å²) >= 11 is 0. The molecule has 0 saturated carbocycles. The number of primary sulfonamides is 1. The van der Waals surface area contributed by atoms with E-state index >= 15 is 0 Å². The van der Waals surface area contributed by atoms with Gasteiger partial charge in [-0.3, -0.25) is 4.79 Å². The molecule has 0 spiro atoms. The van der Waals surface area contributed by atoms with Crippen LogP contribution in [0.3, 0.4) is 0 Å². The van der Waals surface area contributed by atoms with Crippen molar-refractivity contribution in [2.75, 3.05) is 40.5 Å². The van der Waals surface area contributed by atoms with E-state index in [0.29, 0.717) is 26.2 Å². The number of nitrogens with one attached hydrogen (secondary N) is 2. The minimum Gasteiger partial charge on any atom is -0.496 e. The second kappa shape index (κ2) is 10.4. The number of benzene rings is 1. The molecule has 1 aromatic carbocycles. The van der Waals surface area contributed by atoms with Crippen LogP contribution >= 0.6 is 12.4 Å². The summed E-state index contributed by atoms with van der Waals surface area (Å²) < 4.78 is 32.6. The average Bonchev–Trinajstić information content (AvgIpc) is 2.49. The first-order valence-electron chi connectivity index (χ1n) is 6.59. The SMILES string of the molecule is COCCNCCNC(=O)c1cc(S(N)(=O)=O)ccc1OC.Cl. The number of carbonyl (C=O) groups excluding carboxylic acids is 1. The van der Waals surface area contributed by atoms with Crippen molar-refractivity contribution in [3.05, 3.63) is 23.8 Å². The van der Waals surface area contributed by atoms with Crippen molar-refractivity contribution in [3.63, 3.8) is 0 Å². The minimum absolute atomic E-state index is 0. The van der Waals surface area contributed by atoms with Gasteiger partial charge in [-0.1, -0.05) is 0 Å². The van der Waals surface area contributed by atoms with Crippen molar-refractivity contribution in [2.24, 2.45) is 5.14 Å². The second-order valence-electron chi connectivity index (χ2n) is 4.41. The van der Waals surface area contributed by atoms with Gasteiger partial charge in [0.25, 0.3) is 5.91 Å². The summed E-state index contributed by atoms with van der Waals surface area (Å²) in [6.45, 7) is 2.20. The van der Waals surface area contributed by atoms with Gasteiger partial charge in [0.2, 0.25) is 10.0 Å². The Bertz CT molecular complexity index is 610. The fraction of sp³-hybridized carbons (Fsp3) is 0.462. The molecule has 0 saturated heterocycles. The van der Waals surface area contributed by atoms with E-state index in [0.717, 1.165) is 0 Å². The van der Waals surface area contributed by atoms with Crippen molar-refractivity contribution < 1.29 is 22.7 Å². The van der Waals surface area contributed by atoms with Crippen molar-refractivity contribution in [1.29, 1.82) is 0 Å². The Morgan fingerprint density at radius 3 is 2.48 bits per heavy atom. The van der Waals surface area contributed by atoms with E-state index in [2.05, 4.69) is 10.6 Å². The van der Waals surface area contributed by atoms with Gasteiger partial charge >= 0.3 is 0 Å². The number of halogens is 1. The molecule has 4 N–H and O–H groups in total. The Hall–Kier alpha value is -1.39. The van der Waals surface area contributed by atoms with Crippen molar-refractivity contribution >= 4 is 28.3 Å². The largest absolute Gasteiger partial charge is 0.496 e. The molecule has 1 amide bonds.